The molecule has 0 heterocycles. The molecule has 0 aliphatic heterocycles. The third-order valence-corrected chi connectivity index (χ3v) is 3.20. The molecule has 16 heavy (non-hydrogen) atoms. The average molecular weight is 222 g/mol. The Labute approximate surface area is 98.0 Å². The lowest BCUT2D eigenvalue weighted by Crippen LogP contribution is -2.47. The molecule has 1 atom stereocenters. The van der Waals surface area contributed by atoms with Crippen molar-refractivity contribution >= 4 is 5.69 Å². The van der Waals surface area contributed by atoms with Crippen LogP contribution in [0.3, 0.4) is 0 Å². The molecule has 0 aliphatic carbocycles. The highest BCUT2D eigenvalue weighted by molar-refractivity contribution is 5.50. The first-order valence-corrected chi connectivity index (χ1v) is 5.64. The van der Waals surface area contributed by atoms with E-state index in [1.54, 1.807) is 7.11 Å². The second-order valence-corrected chi connectivity index (χ2v) is 4.63. The SMILES string of the molecule is COc1cccc(NC(C)(CN)C(C)C)c1. The number of ether oxygens (including phenoxy) is 1. The van der Waals surface area contributed by atoms with E-state index in [2.05, 4.69) is 26.1 Å². The van der Waals surface area contributed by atoms with Crippen LogP contribution in [0.5, 0.6) is 5.75 Å². The summed E-state index contributed by atoms with van der Waals surface area (Å²) in [5, 5.41) is 3.47. The summed E-state index contributed by atoms with van der Waals surface area (Å²) >= 11 is 0. The molecule has 0 spiro atoms. The van der Waals surface area contributed by atoms with Crippen LogP contribution in [0.2, 0.25) is 0 Å². The summed E-state index contributed by atoms with van der Waals surface area (Å²) in [7, 11) is 1.67. The van der Waals surface area contributed by atoms with E-state index in [9.17, 15) is 0 Å². The number of anilines is 1. The van der Waals surface area contributed by atoms with Crippen LogP contribution in [0.25, 0.3) is 0 Å². The van der Waals surface area contributed by atoms with Gasteiger partial charge in [0.1, 0.15) is 5.75 Å². The van der Waals surface area contributed by atoms with Crippen molar-refractivity contribution in [2.45, 2.75) is 26.3 Å². The molecule has 1 aromatic carbocycles. The Balaban J connectivity index is 2.85. The highest BCUT2D eigenvalue weighted by Gasteiger charge is 2.26. The van der Waals surface area contributed by atoms with E-state index in [1.165, 1.54) is 0 Å². The lowest BCUT2D eigenvalue weighted by Gasteiger charge is -2.34. The zero-order valence-electron chi connectivity index (χ0n) is 10.6. The molecule has 1 unspecified atom stereocenters. The molecule has 1 rings (SSSR count). The standard InChI is InChI=1S/C13H22N2O/c1-10(2)13(3,9-14)15-11-6-5-7-12(8-11)16-4/h5-8,10,15H,9,14H2,1-4H3. The minimum Gasteiger partial charge on any atom is -0.497 e. The third kappa shape index (κ3) is 2.89. The number of hydrogen-bond acceptors (Lipinski definition) is 3. The molecule has 3 nitrogen and oxygen atoms in total. The van der Waals surface area contributed by atoms with Crippen molar-refractivity contribution in [3.8, 4) is 5.75 Å². The van der Waals surface area contributed by atoms with Gasteiger partial charge < -0.3 is 15.8 Å². The molecule has 0 radical (unpaired) electrons. The first-order valence-electron chi connectivity index (χ1n) is 5.64. The predicted molar refractivity (Wildman–Crippen MR) is 68.9 cm³/mol. The Kier molecular flexibility index (Phi) is 4.19. The summed E-state index contributed by atoms with van der Waals surface area (Å²) in [5.41, 5.74) is 6.78. The summed E-state index contributed by atoms with van der Waals surface area (Å²) in [6.45, 7) is 7.07. The summed E-state index contributed by atoms with van der Waals surface area (Å²) in [6, 6.07) is 7.91. The van der Waals surface area contributed by atoms with Gasteiger partial charge in [0.05, 0.1) is 7.11 Å². The van der Waals surface area contributed by atoms with Crippen LogP contribution in [-0.2, 0) is 0 Å². The van der Waals surface area contributed by atoms with Crippen LogP contribution in [0.4, 0.5) is 5.69 Å². The van der Waals surface area contributed by atoms with Gasteiger partial charge in [0.2, 0.25) is 0 Å². The Hall–Kier alpha value is -1.22. The summed E-state index contributed by atoms with van der Waals surface area (Å²) in [5.74, 6) is 1.32. The van der Waals surface area contributed by atoms with Crippen LogP contribution in [0, 0.1) is 5.92 Å². The molecule has 0 fully saturated rings. The number of nitrogens with one attached hydrogen (secondary N) is 1. The first kappa shape index (κ1) is 12.8. The van der Waals surface area contributed by atoms with Crippen molar-refractivity contribution in [3.63, 3.8) is 0 Å². The number of benzene rings is 1. The Morgan fingerprint density at radius 3 is 2.62 bits per heavy atom. The van der Waals surface area contributed by atoms with Gasteiger partial charge in [-0.2, -0.15) is 0 Å². The van der Waals surface area contributed by atoms with Crippen molar-refractivity contribution in [3.05, 3.63) is 24.3 Å². The normalized spacial score (nSPS) is 14.6. The first-order chi connectivity index (χ1) is 7.51. The number of rotatable bonds is 5. The van der Waals surface area contributed by atoms with E-state index < -0.39 is 0 Å². The van der Waals surface area contributed by atoms with Crippen molar-refractivity contribution in [1.29, 1.82) is 0 Å². The van der Waals surface area contributed by atoms with Gasteiger partial charge in [0.15, 0.2) is 0 Å². The maximum atomic E-state index is 5.83. The van der Waals surface area contributed by atoms with Crippen LogP contribution in [0.15, 0.2) is 24.3 Å². The predicted octanol–water partition coefficient (Wildman–Crippen LogP) is 2.48. The maximum Gasteiger partial charge on any atom is 0.120 e. The van der Waals surface area contributed by atoms with Crippen LogP contribution in [-0.4, -0.2) is 19.2 Å². The van der Waals surface area contributed by atoms with Crippen LogP contribution < -0.4 is 15.8 Å². The lowest BCUT2D eigenvalue weighted by atomic mass is 9.88. The summed E-state index contributed by atoms with van der Waals surface area (Å²) < 4.78 is 5.19. The van der Waals surface area contributed by atoms with Gasteiger partial charge in [-0.05, 0) is 25.0 Å². The third-order valence-electron chi connectivity index (χ3n) is 3.20. The van der Waals surface area contributed by atoms with E-state index in [0.29, 0.717) is 12.5 Å². The molecule has 3 heteroatoms. The zero-order valence-corrected chi connectivity index (χ0v) is 10.6. The summed E-state index contributed by atoms with van der Waals surface area (Å²) in [4.78, 5) is 0. The minimum atomic E-state index is -0.0909. The number of methoxy groups -OCH3 is 1. The van der Waals surface area contributed by atoms with Crippen LogP contribution >= 0.6 is 0 Å². The fourth-order valence-electron chi connectivity index (χ4n) is 1.46. The number of hydrogen-bond donors (Lipinski definition) is 2. The lowest BCUT2D eigenvalue weighted by molar-refractivity contribution is 0.381. The van der Waals surface area contributed by atoms with Gasteiger partial charge in [-0.25, -0.2) is 0 Å². The minimum absolute atomic E-state index is 0.0909. The van der Waals surface area contributed by atoms with Crippen molar-refractivity contribution in [1.82, 2.24) is 0 Å². The average Bonchev–Trinajstić information content (AvgIpc) is 2.29. The molecule has 1 aromatic rings. The summed E-state index contributed by atoms with van der Waals surface area (Å²) in [6.07, 6.45) is 0. The molecular formula is C13H22N2O. The highest BCUT2D eigenvalue weighted by Crippen LogP contribution is 2.24. The van der Waals surface area contributed by atoms with E-state index in [-0.39, 0.29) is 5.54 Å². The maximum absolute atomic E-state index is 5.83. The molecule has 0 saturated carbocycles. The molecule has 0 aromatic heterocycles. The van der Waals surface area contributed by atoms with Gasteiger partial charge in [-0.1, -0.05) is 19.9 Å². The molecular weight excluding hydrogens is 200 g/mol. The molecule has 3 N–H and O–H groups in total. The van der Waals surface area contributed by atoms with Crippen molar-refractivity contribution < 1.29 is 4.74 Å². The second-order valence-electron chi connectivity index (χ2n) is 4.63. The largest absolute Gasteiger partial charge is 0.497 e. The van der Waals surface area contributed by atoms with Crippen LogP contribution in [0.1, 0.15) is 20.8 Å². The molecule has 90 valence electrons. The topological polar surface area (TPSA) is 47.3 Å². The molecule has 0 saturated heterocycles. The zero-order chi connectivity index (χ0) is 12.2. The van der Waals surface area contributed by atoms with Crippen molar-refractivity contribution in [2.75, 3.05) is 19.0 Å². The fraction of sp³-hybridized carbons (Fsp3) is 0.538. The second kappa shape index (κ2) is 5.21. The van der Waals surface area contributed by atoms with Gasteiger partial charge in [0, 0.05) is 23.8 Å². The Bertz CT molecular complexity index is 338. The monoisotopic (exact) mass is 222 g/mol. The Morgan fingerprint density at radius 1 is 1.44 bits per heavy atom. The Morgan fingerprint density at radius 2 is 2.12 bits per heavy atom. The molecule has 0 amide bonds. The smallest absolute Gasteiger partial charge is 0.120 e. The van der Waals surface area contributed by atoms with Gasteiger partial charge in [-0.3, -0.25) is 0 Å². The fourth-order valence-corrected chi connectivity index (χ4v) is 1.46. The van der Waals surface area contributed by atoms with E-state index >= 15 is 0 Å². The van der Waals surface area contributed by atoms with E-state index in [1.807, 2.05) is 24.3 Å². The quantitative estimate of drug-likeness (QED) is 0.804. The van der Waals surface area contributed by atoms with Gasteiger partial charge >= 0.3 is 0 Å². The van der Waals surface area contributed by atoms with Crippen molar-refractivity contribution in [2.24, 2.45) is 11.7 Å². The van der Waals surface area contributed by atoms with E-state index in [0.717, 1.165) is 11.4 Å². The van der Waals surface area contributed by atoms with Gasteiger partial charge in [0.25, 0.3) is 0 Å². The highest BCUT2D eigenvalue weighted by atomic mass is 16.5. The molecule has 0 aliphatic rings. The number of nitrogens with two attached hydrogens (primary N) is 1. The van der Waals surface area contributed by atoms with Gasteiger partial charge in [-0.15, -0.1) is 0 Å². The van der Waals surface area contributed by atoms with E-state index in [4.69, 9.17) is 10.5 Å². The molecule has 0 bridgehead atoms.